The highest BCUT2D eigenvalue weighted by molar-refractivity contribution is 5.59. The van der Waals surface area contributed by atoms with Crippen LogP contribution >= 0.6 is 0 Å². The highest BCUT2D eigenvalue weighted by atomic mass is 16.7. The summed E-state index contributed by atoms with van der Waals surface area (Å²) in [4.78, 5) is 17.9. The minimum Gasteiger partial charge on any atom is -0.449 e. The summed E-state index contributed by atoms with van der Waals surface area (Å²) in [6, 6.07) is -0.118. The lowest BCUT2D eigenvalue weighted by molar-refractivity contribution is 0.140. The van der Waals surface area contributed by atoms with Gasteiger partial charge in [0.1, 0.15) is 0 Å². The number of rotatable bonds is 7. The van der Waals surface area contributed by atoms with Crippen molar-refractivity contribution in [1.82, 2.24) is 9.97 Å². The maximum atomic E-state index is 10.2. The molecule has 1 aromatic heterocycles. The first-order chi connectivity index (χ1) is 8.22. The number of aryl methyl sites for hydroxylation is 1. The number of hydrogen-bond donors (Lipinski definition) is 1. The molecule has 0 atom stereocenters. The van der Waals surface area contributed by atoms with Crippen LogP contribution in [0.4, 0.5) is 4.79 Å². The zero-order valence-corrected chi connectivity index (χ0v) is 10.1. The minimum atomic E-state index is -1.39. The van der Waals surface area contributed by atoms with Crippen LogP contribution in [0.3, 0.4) is 0 Å². The molecule has 1 rings (SSSR count). The van der Waals surface area contributed by atoms with Crippen molar-refractivity contribution in [3.05, 3.63) is 18.0 Å². The standard InChI is InChI=1S/C12H18N2O3/c1-2-3-4-5-6-7-10-8-13-11(14-9-10)17-12(15)16/h8-9H,2-7H2,1H3,(H,15,16). The second kappa shape index (κ2) is 7.60. The quantitative estimate of drug-likeness (QED) is 0.583. The third kappa shape index (κ3) is 5.85. The van der Waals surface area contributed by atoms with Gasteiger partial charge >= 0.3 is 12.2 Å². The summed E-state index contributed by atoms with van der Waals surface area (Å²) in [6.07, 6.45) is 8.87. The van der Waals surface area contributed by atoms with E-state index in [1.165, 1.54) is 25.7 Å². The van der Waals surface area contributed by atoms with Crippen LogP contribution in [0, 0.1) is 0 Å². The van der Waals surface area contributed by atoms with Gasteiger partial charge in [-0.25, -0.2) is 14.8 Å². The van der Waals surface area contributed by atoms with Gasteiger partial charge in [-0.3, -0.25) is 0 Å². The van der Waals surface area contributed by atoms with E-state index in [-0.39, 0.29) is 6.01 Å². The summed E-state index contributed by atoms with van der Waals surface area (Å²) in [6.45, 7) is 2.19. The van der Waals surface area contributed by atoms with E-state index in [9.17, 15) is 4.79 Å². The maximum Gasteiger partial charge on any atom is 0.513 e. The summed E-state index contributed by atoms with van der Waals surface area (Å²) in [5.41, 5.74) is 1.01. The van der Waals surface area contributed by atoms with Crippen molar-refractivity contribution in [3.8, 4) is 6.01 Å². The molecule has 1 N–H and O–H groups in total. The molecule has 17 heavy (non-hydrogen) atoms. The second-order valence-corrected chi connectivity index (χ2v) is 3.91. The molecule has 0 amide bonds. The van der Waals surface area contributed by atoms with E-state index < -0.39 is 6.16 Å². The van der Waals surface area contributed by atoms with Crippen LogP contribution in [0.25, 0.3) is 0 Å². The van der Waals surface area contributed by atoms with Crippen LogP contribution in [-0.4, -0.2) is 21.2 Å². The summed E-state index contributed by atoms with van der Waals surface area (Å²) in [7, 11) is 0. The second-order valence-electron chi connectivity index (χ2n) is 3.91. The number of aromatic nitrogens is 2. The average molecular weight is 238 g/mol. The normalized spacial score (nSPS) is 10.2. The molecule has 94 valence electrons. The van der Waals surface area contributed by atoms with Gasteiger partial charge in [0, 0.05) is 12.4 Å². The van der Waals surface area contributed by atoms with Crippen molar-refractivity contribution in [3.63, 3.8) is 0 Å². The molecule has 0 radical (unpaired) electrons. The van der Waals surface area contributed by atoms with Gasteiger partial charge in [-0.1, -0.05) is 32.6 Å². The largest absolute Gasteiger partial charge is 0.513 e. The van der Waals surface area contributed by atoms with E-state index in [0.717, 1.165) is 18.4 Å². The Morgan fingerprint density at radius 2 is 1.88 bits per heavy atom. The summed E-state index contributed by atoms with van der Waals surface area (Å²) >= 11 is 0. The van der Waals surface area contributed by atoms with E-state index in [2.05, 4.69) is 21.6 Å². The smallest absolute Gasteiger partial charge is 0.449 e. The molecule has 0 saturated carbocycles. The zero-order valence-electron chi connectivity index (χ0n) is 10.1. The predicted octanol–water partition coefficient (Wildman–Crippen LogP) is 3.05. The van der Waals surface area contributed by atoms with E-state index in [0.29, 0.717) is 0 Å². The summed E-state index contributed by atoms with van der Waals surface area (Å²) in [5, 5.41) is 8.36. The first kappa shape index (κ1) is 13.4. The lowest BCUT2D eigenvalue weighted by Crippen LogP contribution is -2.06. The molecule has 0 aliphatic carbocycles. The fraction of sp³-hybridized carbons (Fsp3) is 0.583. The van der Waals surface area contributed by atoms with Crippen LogP contribution in [0.15, 0.2) is 12.4 Å². The topological polar surface area (TPSA) is 72.3 Å². The van der Waals surface area contributed by atoms with Gasteiger partial charge in [-0.05, 0) is 18.4 Å². The molecule has 1 heterocycles. The Morgan fingerprint density at radius 1 is 1.24 bits per heavy atom. The van der Waals surface area contributed by atoms with Crippen molar-refractivity contribution < 1.29 is 14.6 Å². The van der Waals surface area contributed by atoms with Gasteiger partial charge in [-0.15, -0.1) is 0 Å². The maximum absolute atomic E-state index is 10.2. The van der Waals surface area contributed by atoms with Crippen LogP contribution in [0.5, 0.6) is 6.01 Å². The van der Waals surface area contributed by atoms with Crippen LogP contribution in [0.2, 0.25) is 0 Å². The average Bonchev–Trinajstić information content (AvgIpc) is 2.30. The molecule has 0 aliphatic heterocycles. The Hall–Kier alpha value is -1.65. The molecule has 0 fully saturated rings. The molecule has 1 aromatic rings. The molecule has 0 aliphatic rings. The Bertz CT molecular complexity index is 338. The monoisotopic (exact) mass is 238 g/mol. The molecule has 0 bridgehead atoms. The fourth-order valence-corrected chi connectivity index (χ4v) is 1.54. The Balaban J connectivity index is 2.28. The van der Waals surface area contributed by atoms with Gasteiger partial charge in [0.25, 0.3) is 0 Å². The van der Waals surface area contributed by atoms with Crippen molar-refractivity contribution in [2.75, 3.05) is 0 Å². The number of carbonyl (C=O) groups is 1. The fourth-order valence-electron chi connectivity index (χ4n) is 1.54. The van der Waals surface area contributed by atoms with E-state index in [4.69, 9.17) is 5.11 Å². The van der Waals surface area contributed by atoms with E-state index >= 15 is 0 Å². The van der Waals surface area contributed by atoms with Crippen LogP contribution < -0.4 is 4.74 Å². The molecule has 0 spiro atoms. The minimum absolute atomic E-state index is 0.118. The lowest BCUT2D eigenvalue weighted by atomic mass is 10.1. The van der Waals surface area contributed by atoms with Gasteiger partial charge in [-0.2, -0.15) is 0 Å². The predicted molar refractivity (Wildman–Crippen MR) is 63.1 cm³/mol. The van der Waals surface area contributed by atoms with Crippen molar-refractivity contribution in [2.45, 2.75) is 45.4 Å². The number of ether oxygens (including phenoxy) is 1. The molecule has 5 nitrogen and oxygen atoms in total. The highest BCUT2D eigenvalue weighted by Gasteiger charge is 2.03. The number of hydrogen-bond acceptors (Lipinski definition) is 4. The van der Waals surface area contributed by atoms with Crippen molar-refractivity contribution >= 4 is 6.16 Å². The van der Waals surface area contributed by atoms with Crippen molar-refractivity contribution in [1.29, 1.82) is 0 Å². The Kier molecular flexibility index (Phi) is 5.99. The number of unbranched alkanes of at least 4 members (excludes halogenated alkanes) is 4. The first-order valence-electron chi connectivity index (χ1n) is 5.94. The molecule has 0 unspecified atom stereocenters. The first-order valence-corrected chi connectivity index (χ1v) is 5.94. The third-order valence-corrected chi connectivity index (χ3v) is 2.43. The van der Waals surface area contributed by atoms with Crippen LogP contribution in [0.1, 0.15) is 44.6 Å². The van der Waals surface area contributed by atoms with Crippen molar-refractivity contribution in [2.24, 2.45) is 0 Å². The number of nitrogens with zero attached hydrogens (tertiary/aromatic N) is 2. The lowest BCUT2D eigenvalue weighted by Gasteiger charge is -2.01. The van der Waals surface area contributed by atoms with E-state index in [1.807, 2.05) is 0 Å². The molecule has 5 heteroatoms. The molecular formula is C12H18N2O3. The Morgan fingerprint density at radius 3 is 2.47 bits per heavy atom. The Labute approximate surface area is 101 Å². The number of carboxylic acid groups (broad SMARTS) is 1. The zero-order chi connectivity index (χ0) is 12.5. The SMILES string of the molecule is CCCCCCCc1cnc(OC(=O)O)nc1. The molecule has 0 aromatic carbocycles. The van der Waals surface area contributed by atoms with Gasteiger partial charge < -0.3 is 9.84 Å². The van der Waals surface area contributed by atoms with Crippen LogP contribution in [-0.2, 0) is 6.42 Å². The molecular weight excluding hydrogens is 220 g/mol. The summed E-state index contributed by atoms with van der Waals surface area (Å²) < 4.78 is 4.32. The summed E-state index contributed by atoms with van der Waals surface area (Å²) in [5.74, 6) is 0. The van der Waals surface area contributed by atoms with Gasteiger partial charge in [0.15, 0.2) is 0 Å². The third-order valence-electron chi connectivity index (χ3n) is 2.43. The van der Waals surface area contributed by atoms with Gasteiger partial charge in [0.2, 0.25) is 0 Å². The van der Waals surface area contributed by atoms with Gasteiger partial charge in [0.05, 0.1) is 0 Å². The molecule has 0 saturated heterocycles. The van der Waals surface area contributed by atoms with E-state index in [1.54, 1.807) is 12.4 Å². The highest BCUT2D eigenvalue weighted by Crippen LogP contribution is 2.09.